The van der Waals surface area contributed by atoms with Crippen molar-refractivity contribution in [2.75, 3.05) is 39.4 Å². The number of ether oxygens (including phenoxy) is 1. The van der Waals surface area contributed by atoms with E-state index in [-0.39, 0.29) is 17.6 Å². The molecule has 2 heterocycles. The van der Waals surface area contributed by atoms with Crippen molar-refractivity contribution < 1.29 is 13.9 Å². The fourth-order valence-corrected chi connectivity index (χ4v) is 3.21. The molecule has 2 aliphatic heterocycles. The summed E-state index contributed by atoms with van der Waals surface area (Å²) in [6.07, 6.45) is 0.814. The van der Waals surface area contributed by atoms with Gasteiger partial charge in [-0.05, 0) is 25.1 Å². The minimum atomic E-state index is -0.355. The van der Waals surface area contributed by atoms with E-state index in [0.717, 1.165) is 13.0 Å². The Labute approximate surface area is 135 Å². The Morgan fingerprint density at radius 3 is 2.83 bits per heavy atom. The smallest absolute Gasteiger partial charge is 0.227 e. The van der Waals surface area contributed by atoms with Gasteiger partial charge in [0.2, 0.25) is 5.91 Å². The fourth-order valence-electron chi connectivity index (χ4n) is 3.21. The van der Waals surface area contributed by atoms with Crippen LogP contribution in [-0.2, 0) is 16.1 Å². The minimum absolute atomic E-state index is 0.00505. The Morgan fingerprint density at radius 2 is 2.13 bits per heavy atom. The first-order chi connectivity index (χ1) is 11.2. The zero-order valence-corrected chi connectivity index (χ0v) is 13.0. The summed E-state index contributed by atoms with van der Waals surface area (Å²) in [6, 6.07) is 6.49. The van der Waals surface area contributed by atoms with E-state index in [1.807, 2.05) is 11.0 Å². The van der Waals surface area contributed by atoms with Crippen LogP contribution < -0.4 is 0 Å². The number of carbonyl (C=O) groups excluding carboxylic acids is 1. The third-order valence-corrected chi connectivity index (χ3v) is 4.52. The normalized spacial score (nSPS) is 22.1. The average Bonchev–Trinajstić information content (AvgIpc) is 3.05. The van der Waals surface area contributed by atoms with Crippen LogP contribution in [0.1, 0.15) is 17.5 Å². The summed E-state index contributed by atoms with van der Waals surface area (Å²) in [5.74, 6) is -0.169. The summed E-state index contributed by atoms with van der Waals surface area (Å²) >= 11 is 0. The average molecular weight is 317 g/mol. The lowest BCUT2D eigenvalue weighted by Gasteiger charge is -2.29. The number of morpholine rings is 1. The van der Waals surface area contributed by atoms with Gasteiger partial charge in [0.1, 0.15) is 5.82 Å². The van der Waals surface area contributed by atoms with Crippen LogP contribution in [0.25, 0.3) is 0 Å². The quantitative estimate of drug-likeness (QED) is 0.845. The van der Waals surface area contributed by atoms with Gasteiger partial charge in [-0.3, -0.25) is 9.69 Å². The maximum atomic E-state index is 14.0. The molecule has 0 aromatic heterocycles. The maximum Gasteiger partial charge on any atom is 0.227 e. The molecular formula is C17H20FN3O2. The summed E-state index contributed by atoms with van der Waals surface area (Å²) in [7, 11) is 0. The van der Waals surface area contributed by atoms with Crippen LogP contribution in [-0.4, -0.2) is 55.1 Å². The highest BCUT2D eigenvalue weighted by atomic mass is 19.1. The molecule has 0 bridgehead atoms. The van der Waals surface area contributed by atoms with Crippen molar-refractivity contribution in [2.45, 2.75) is 13.0 Å². The van der Waals surface area contributed by atoms with Crippen molar-refractivity contribution in [2.24, 2.45) is 5.92 Å². The highest BCUT2D eigenvalue weighted by Gasteiger charge is 2.32. The molecule has 1 amide bonds. The van der Waals surface area contributed by atoms with Crippen molar-refractivity contribution in [3.8, 4) is 6.07 Å². The van der Waals surface area contributed by atoms with Gasteiger partial charge in [-0.1, -0.05) is 6.07 Å². The lowest BCUT2D eigenvalue weighted by molar-refractivity contribution is -0.139. The summed E-state index contributed by atoms with van der Waals surface area (Å²) in [6.45, 7) is 4.48. The van der Waals surface area contributed by atoms with Crippen LogP contribution in [0.2, 0.25) is 0 Å². The molecule has 1 atom stereocenters. The Balaban J connectivity index is 1.57. The van der Waals surface area contributed by atoms with E-state index in [1.54, 1.807) is 12.1 Å². The van der Waals surface area contributed by atoms with Gasteiger partial charge in [-0.2, -0.15) is 5.26 Å². The van der Waals surface area contributed by atoms with E-state index in [4.69, 9.17) is 10.00 Å². The van der Waals surface area contributed by atoms with Gasteiger partial charge < -0.3 is 9.64 Å². The molecule has 0 saturated carbocycles. The zero-order chi connectivity index (χ0) is 16.2. The summed E-state index contributed by atoms with van der Waals surface area (Å²) < 4.78 is 19.2. The highest BCUT2D eigenvalue weighted by molar-refractivity contribution is 5.79. The topological polar surface area (TPSA) is 56.6 Å². The molecule has 0 spiro atoms. The second kappa shape index (κ2) is 7.07. The lowest BCUT2D eigenvalue weighted by atomic mass is 10.1. The minimum Gasteiger partial charge on any atom is -0.378 e. The molecular weight excluding hydrogens is 297 g/mol. The maximum absolute atomic E-state index is 14.0. The molecule has 23 heavy (non-hydrogen) atoms. The van der Waals surface area contributed by atoms with Gasteiger partial charge in [-0.15, -0.1) is 0 Å². The molecule has 6 heteroatoms. The molecule has 5 nitrogen and oxygen atoms in total. The number of nitriles is 1. The van der Waals surface area contributed by atoms with E-state index >= 15 is 0 Å². The van der Waals surface area contributed by atoms with Crippen molar-refractivity contribution in [1.82, 2.24) is 9.80 Å². The predicted molar refractivity (Wildman–Crippen MR) is 81.9 cm³/mol. The third kappa shape index (κ3) is 3.69. The number of benzene rings is 1. The van der Waals surface area contributed by atoms with E-state index in [9.17, 15) is 9.18 Å². The van der Waals surface area contributed by atoms with Crippen molar-refractivity contribution in [3.05, 3.63) is 35.1 Å². The van der Waals surface area contributed by atoms with Crippen molar-refractivity contribution >= 4 is 5.91 Å². The number of halogens is 1. The molecule has 0 radical (unpaired) electrons. The number of likely N-dealkylation sites (tertiary alicyclic amines) is 1. The molecule has 1 unspecified atom stereocenters. The van der Waals surface area contributed by atoms with E-state index in [1.165, 1.54) is 6.07 Å². The number of hydrogen-bond donors (Lipinski definition) is 0. The highest BCUT2D eigenvalue weighted by Crippen LogP contribution is 2.22. The van der Waals surface area contributed by atoms with Gasteiger partial charge in [-0.25, -0.2) is 4.39 Å². The van der Waals surface area contributed by atoms with Crippen LogP contribution in [0.4, 0.5) is 4.39 Å². The SMILES string of the molecule is N#Cc1ccc(CN2CCC(C(=O)N3CCOCC3)C2)c(F)c1. The van der Waals surface area contributed by atoms with Crippen molar-refractivity contribution in [3.63, 3.8) is 0 Å². The number of rotatable bonds is 3. The summed E-state index contributed by atoms with van der Waals surface area (Å²) in [5.41, 5.74) is 0.900. The summed E-state index contributed by atoms with van der Waals surface area (Å²) in [4.78, 5) is 16.5. The molecule has 2 aliphatic rings. The van der Waals surface area contributed by atoms with Gasteiger partial charge in [0.25, 0.3) is 0 Å². The van der Waals surface area contributed by atoms with Crippen molar-refractivity contribution in [1.29, 1.82) is 5.26 Å². The molecule has 122 valence electrons. The monoisotopic (exact) mass is 317 g/mol. The molecule has 3 rings (SSSR count). The first-order valence-electron chi connectivity index (χ1n) is 7.95. The number of carbonyl (C=O) groups is 1. The molecule has 1 aromatic carbocycles. The second-order valence-electron chi connectivity index (χ2n) is 6.08. The van der Waals surface area contributed by atoms with Crippen LogP contribution >= 0.6 is 0 Å². The first kappa shape index (κ1) is 15.9. The zero-order valence-electron chi connectivity index (χ0n) is 13.0. The Morgan fingerprint density at radius 1 is 1.35 bits per heavy atom. The second-order valence-corrected chi connectivity index (χ2v) is 6.08. The number of amides is 1. The van der Waals surface area contributed by atoms with E-state index < -0.39 is 0 Å². The van der Waals surface area contributed by atoms with Gasteiger partial charge >= 0.3 is 0 Å². The largest absolute Gasteiger partial charge is 0.378 e. The Hall–Kier alpha value is -1.97. The Bertz CT molecular complexity index is 623. The van der Waals surface area contributed by atoms with Gasteiger partial charge in [0, 0.05) is 31.7 Å². The third-order valence-electron chi connectivity index (χ3n) is 4.52. The number of nitrogens with zero attached hydrogens (tertiary/aromatic N) is 3. The fraction of sp³-hybridized carbons (Fsp3) is 0.529. The molecule has 1 aromatic rings. The molecule has 2 fully saturated rings. The van der Waals surface area contributed by atoms with Crippen LogP contribution in [0.3, 0.4) is 0 Å². The summed E-state index contributed by atoms with van der Waals surface area (Å²) in [5, 5.41) is 8.78. The van der Waals surface area contributed by atoms with E-state index in [2.05, 4.69) is 4.90 Å². The Kier molecular flexibility index (Phi) is 4.89. The molecule has 0 aliphatic carbocycles. The van der Waals surface area contributed by atoms with Gasteiger partial charge in [0.05, 0.1) is 30.8 Å². The molecule has 2 saturated heterocycles. The lowest BCUT2D eigenvalue weighted by Crippen LogP contribution is -2.44. The van der Waals surface area contributed by atoms with E-state index in [0.29, 0.717) is 50.5 Å². The van der Waals surface area contributed by atoms with Crippen LogP contribution in [0.5, 0.6) is 0 Å². The predicted octanol–water partition coefficient (Wildman–Crippen LogP) is 1.38. The number of hydrogen-bond acceptors (Lipinski definition) is 4. The van der Waals surface area contributed by atoms with Crippen LogP contribution in [0.15, 0.2) is 18.2 Å². The standard InChI is InChI=1S/C17H20FN3O2/c18-16-9-13(10-19)1-2-14(16)11-20-4-3-15(12-20)17(22)21-5-7-23-8-6-21/h1-2,9,15H,3-8,11-12H2. The van der Waals surface area contributed by atoms with Gasteiger partial charge in [0.15, 0.2) is 0 Å². The molecule has 0 N–H and O–H groups in total. The van der Waals surface area contributed by atoms with Crippen LogP contribution in [0, 0.1) is 23.1 Å². The first-order valence-corrected chi connectivity index (χ1v) is 7.95.